The minimum Gasteiger partial charge on any atom is -0.470 e. The lowest BCUT2D eigenvalue weighted by Gasteiger charge is -2.08. The van der Waals surface area contributed by atoms with Gasteiger partial charge < -0.3 is 4.74 Å². The number of benzene rings is 1. The minimum absolute atomic E-state index is 0.346. The van der Waals surface area contributed by atoms with Crippen LogP contribution in [-0.4, -0.2) is 19.9 Å². The number of rotatable bonds is 3. The van der Waals surface area contributed by atoms with Crippen LogP contribution in [0.15, 0.2) is 54.7 Å². The van der Waals surface area contributed by atoms with Gasteiger partial charge in [-0.3, -0.25) is 0 Å². The molecule has 0 aliphatic rings. The van der Waals surface area contributed by atoms with E-state index in [1.54, 1.807) is 6.20 Å². The van der Waals surface area contributed by atoms with Crippen molar-refractivity contribution in [1.29, 1.82) is 0 Å². The van der Waals surface area contributed by atoms with Crippen LogP contribution in [0.4, 0.5) is 0 Å². The van der Waals surface area contributed by atoms with Crippen LogP contribution in [0.25, 0.3) is 22.1 Å². The first kappa shape index (κ1) is 13.6. The van der Waals surface area contributed by atoms with Gasteiger partial charge in [0.05, 0.1) is 11.2 Å². The van der Waals surface area contributed by atoms with Crippen molar-refractivity contribution in [3.63, 3.8) is 0 Å². The van der Waals surface area contributed by atoms with E-state index in [0.717, 1.165) is 27.8 Å². The Morgan fingerprint density at radius 2 is 1.74 bits per heavy atom. The van der Waals surface area contributed by atoms with E-state index >= 15 is 0 Å². The minimum atomic E-state index is 0.346. The van der Waals surface area contributed by atoms with E-state index in [2.05, 4.69) is 19.9 Å². The lowest BCUT2D eigenvalue weighted by molar-refractivity contribution is 0.287. The fourth-order valence-electron chi connectivity index (χ4n) is 2.44. The number of hydrogen-bond acceptors (Lipinski definition) is 5. The predicted molar refractivity (Wildman–Crippen MR) is 88.1 cm³/mol. The van der Waals surface area contributed by atoms with Crippen LogP contribution in [0, 0.1) is 6.92 Å². The Balaban J connectivity index is 1.61. The van der Waals surface area contributed by atoms with E-state index in [0.29, 0.717) is 18.1 Å². The predicted octanol–water partition coefficient (Wildman–Crippen LogP) is 3.46. The van der Waals surface area contributed by atoms with Gasteiger partial charge in [0.25, 0.3) is 0 Å². The number of hydrogen-bond donors (Lipinski definition) is 0. The molecule has 0 amide bonds. The second kappa shape index (κ2) is 5.61. The van der Waals surface area contributed by atoms with Crippen LogP contribution in [0.2, 0.25) is 0 Å². The molecule has 4 rings (SSSR count). The third-order valence-electron chi connectivity index (χ3n) is 3.58. The lowest BCUT2D eigenvalue weighted by Crippen LogP contribution is -2.03. The standard InChI is InChI=1S/C18H14N4O/c1-12-18(22-17-16(20-12)7-4-10-19-17)23-11-14-9-8-13-5-2-3-6-15(13)21-14/h2-10H,11H2,1H3. The van der Waals surface area contributed by atoms with Crippen molar-refractivity contribution in [2.45, 2.75) is 13.5 Å². The zero-order valence-corrected chi connectivity index (χ0v) is 12.6. The maximum absolute atomic E-state index is 5.80. The van der Waals surface area contributed by atoms with E-state index in [4.69, 9.17) is 4.74 Å². The number of pyridine rings is 2. The number of nitrogens with zero attached hydrogens (tertiary/aromatic N) is 4. The summed E-state index contributed by atoms with van der Waals surface area (Å²) in [6.45, 7) is 2.22. The molecule has 23 heavy (non-hydrogen) atoms. The first-order chi connectivity index (χ1) is 11.3. The Bertz CT molecular complexity index is 1000. The van der Waals surface area contributed by atoms with Gasteiger partial charge >= 0.3 is 0 Å². The Morgan fingerprint density at radius 1 is 0.870 bits per heavy atom. The van der Waals surface area contributed by atoms with Gasteiger partial charge in [0.15, 0.2) is 5.65 Å². The molecule has 1 aromatic carbocycles. The molecule has 0 saturated heterocycles. The highest BCUT2D eigenvalue weighted by atomic mass is 16.5. The molecule has 0 spiro atoms. The average Bonchev–Trinajstić information content (AvgIpc) is 2.59. The third kappa shape index (κ3) is 2.68. The largest absolute Gasteiger partial charge is 0.470 e. The summed E-state index contributed by atoms with van der Waals surface area (Å²) in [4.78, 5) is 17.7. The molecule has 3 heterocycles. The van der Waals surface area contributed by atoms with Crippen LogP contribution in [0.3, 0.4) is 0 Å². The number of ether oxygens (including phenoxy) is 1. The maximum Gasteiger partial charge on any atom is 0.237 e. The molecule has 0 atom stereocenters. The van der Waals surface area contributed by atoms with Crippen molar-refractivity contribution < 1.29 is 4.74 Å². The van der Waals surface area contributed by atoms with Gasteiger partial charge in [-0.05, 0) is 31.2 Å². The molecule has 0 aliphatic carbocycles. The zero-order chi connectivity index (χ0) is 15.6. The van der Waals surface area contributed by atoms with Crippen LogP contribution >= 0.6 is 0 Å². The number of aryl methyl sites for hydroxylation is 1. The molecule has 0 N–H and O–H groups in total. The fraction of sp³-hybridized carbons (Fsp3) is 0.111. The molecular weight excluding hydrogens is 288 g/mol. The SMILES string of the molecule is Cc1nc2cccnc2nc1OCc1ccc2ccccc2n1. The Hall–Kier alpha value is -3.08. The van der Waals surface area contributed by atoms with E-state index < -0.39 is 0 Å². The molecule has 0 fully saturated rings. The topological polar surface area (TPSA) is 60.8 Å². The third-order valence-corrected chi connectivity index (χ3v) is 3.58. The average molecular weight is 302 g/mol. The van der Waals surface area contributed by atoms with Crippen LogP contribution in [0.5, 0.6) is 5.88 Å². The van der Waals surface area contributed by atoms with Crippen LogP contribution < -0.4 is 4.74 Å². The van der Waals surface area contributed by atoms with Gasteiger partial charge in [0, 0.05) is 11.6 Å². The zero-order valence-electron chi connectivity index (χ0n) is 12.6. The van der Waals surface area contributed by atoms with E-state index in [1.807, 2.05) is 55.5 Å². The van der Waals surface area contributed by atoms with Gasteiger partial charge in [0.2, 0.25) is 5.88 Å². The molecule has 3 aromatic heterocycles. The maximum atomic E-state index is 5.80. The quantitative estimate of drug-likeness (QED) is 0.580. The molecule has 0 bridgehead atoms. The summed E-state index contributed by atoms with van der Waals surface area (Å²) in [5, 5.41) is 1.11. The van der Waals surface area contributed by atoms with Gasteiger partial charge in [-0.25, -0.2) is 15.0 Å². The molecular formula is C18H14N4O. The molecule has 0 radical (unpaired) electrons. The lowest BCUT2D eigenvalue weighted by atomic mass is 10.2. The van der Waals surface area contributed by atoms with Crippen molar-refractivity contribution in [3.8, 4) is 5.88 Å². The Morgan fingerprint density at radius 3 is 2.70 bits per heavy atom. The highest BCUT2D eigenvalue weighted by Gasteiger charge is 2.08. The molecule has 0 saturated carbocycles. The van der Waals surface area contributed by atoms with Gasteiger partial charge in [-0.1, -0.05) is 24.3 Å². The van der Waals surface area contributed by atoms with Crippen molar-refractivity contribution in [2.75, 3.05) is 0 Å². The summed E-state index contributed by atoms with van der Waals surface area (Å²) in [5.74, 6) is 0.492. The molecule has 0 aliphatic heterocycles. The monoisotopic (exact) mass is 302 g/mol. The summed E-state index contributed by atoms with van der Waals surface area (Å²) < 4.78 is 5.80. The first-order valence-corrected chi connectivity index (χ1v) is 7.36. The number of para-hydroxylation sites is 1. The normalized spacial score (nSPS) is 11.0. The highest BCUT2D eigenvalue weighted by molar-refractivity contribution is 5.78. The second-order valence-corrected chi connectivity index (χ2v) is 5.24. The van der Waals surface area contributed by atoms with Crippen LogP contribution in [0.1, 0.15) is 11.4 Å². The molecule has 5 heteroatoms. The Labute approximate surface area is 133 Å². The fourth-order valence-corrected chi connectivity index (χ4v) is 2.44. The van der Waals surface area contributed by atoms with Gasteiger partial charge in [-0.2, -0.15) is 4.98 Å². The van der Waals surface area contributed by atoms with Crippen LogP contribution in [-0.2, 0) is 6.61 Å². The molecule has 4 aromatic rings. The van der Waals surface area contributed by atoms with E-state index in [-0.39, 0.29) is 0 Å². The van der Waals surface area contributed by atoms with Crippen molar-refractivity contribution in [1.82, 2.24) is 19.9 Å². The summed E-state index contributed by atoms with van der Waals surface area (Å²) in [5.41, 5.74) is 3.90. The summed E-state index contributed by atoms with van der Waals surface area (Å²) in [6, 6.07) is 15.7. The van der Waals surface area contributed by atoms with Crippen molar-refractivity contribution in [3.05, 3.63) is 66.1 Å². The summed E-state index contributed by atoms with van der Waals surface area (Å²) in [7, 11) is 0. The van der Waals surface area contributed by atoms with Gasteiger partial charge in [0.1, 0.15) is 17.8 Å². The summed E-state index contributed by atoms with van der Waals surface area (Å²) in [6.07, 6.45) is 1.70. The van der Waals surface area contributed by atoms with E-state index in [1.165, 1.54) is 0 Å². The first-order valence-electron chi connectivity index (χ1n) is 7.36. The Kier molecular flexibility index (Phi) is 3.31. The van der Waals surface area contributed by atoms with Gasteiger partial charge in [-0.15, -0.1) is 0 Å². The number of fused-ring (bicyclic) bond motifs is 2. The highest BCUT2D eigenvalue weighted by Crippen LogP contribution is 2.18. The van der Waals surface area contributed by atoms with Crippen molar-refractivity contribution in [2.24, 2.45) is 0 Å². The molecule has 5 nitrogen and oxygen atoms in total. The van der Waals surface area contributed by atoms with Crippen molar-refractivity contribution >= 4 is 22.1 Å². The number of aromatic nitrogens is 4. The second-order valence-electron chi connectivity index (χ2n) is 5.24. The van der Waals surface area contributed by atoms with E-state index in [9.17, 15) is 0 Å². The molecule has 112 valence electrons. The summed E-state index contributed by atoms with van der Waals surface area (Å²) >= 11 is 0. The smallest absolute Gasteiger partial charge is 0.237 e. The molecule has 0 unspecified atom stereocenters.